The van der Waals surface area contributed by atoms with Gasteiger partial charge in [0.1, 0.15) is 5.82 Å². The summed E-state index contributed by atoms with van der Waals surface area (Å²) in [5.41, 5.74) is 1.66. The lowest BCUT2D eigenvalue weighted by Crippen LogP contribution is -2.20. The Morgan fingerprint density at radius 3 is 2.56 bits per heavy atom. The molecule has 2 aromatic carbocycles. The second-order valence-corrected chi connectivity index (χ2v) is 6.90. The zero-order chi connectivity index (χ0) is 17.8. The molecule has 0 atom stereocenters. The van der Waals surface area contributed by atoms with Gasteiger partial charge in [-0.15, -0.1) is 0 Å². The maximum absolute atomic E-state index is 6.39. The van der Waals surface area contributed by atoms with Crippen LogP contribution in [0.2, 0.25) is 10.0 Å². The smallest absolute Gasteiger partial charge is 0.163 e. The number of anilines is 1. The standard InChI is InChI=1S/C20H21Cl2N3/c1-3-4-7-13-25(2)20-14-9-5-6-12-17(14)23-19(24-20)15-10-8-11-16(21)18(15)22/h5-6,8-12H,3-4,7,13H2,1-2H3. The molecule has 0 N–H and O–H groups in total. The molecule has 0 aliphatic heterocycles. The number of halogens is 2. The van der Waals surface area contributed by atoms with Crippen molar-refractivity contribution in [1.82, 2.24) is 9.97 Å². The van der Waals surface area contributed by atoms with Gasteiger partial charge in [0.05, 0.1) is 15.6 Å². The Morgan fingerprint density at radius 2 is 1.76 bits per heavy atom. The fraction of sp³-hybridized carbons (Fsp3) is 0.300. The van der Waals surface area contributed by atoms with Crippen LogP contribution in [-0.2, 0) is 0 Å². The third kappa shape index (κ3) is 3.88. The van der Waals surface area contributed by atoms with E-state index in [-0.39, 0.29) is 0 Å². The molecule has 1 aromatic heterocycles. The van der Waals surface area contributed by atoms with Crippen molar-refractivity contribution in [3.05, 3.63) is 52.5 Å². The normalized spacial score (nSPS) is 11.0. The first-order valence-corrected chi connectivity index (χ1v) is 9.29. The number of rotatable bonds is 6. The summed E-state index contributed by atoms with van der Waals surface area (Å²) >= 11 is 12.6. The Labute approximate surface area is 158 Å². The van der Waals surface area contributed by atoms with Gasteiger partial charge in [-0.25, -0.2) is 9.97 Å². The van der Waals surface area contributed by atoms with Gasteiger partial charge in [-0.1, -0.05) is 61.2 Å². The number of hydrogen-bond donors (Lipinski definition) is 0. The van der Waals surface area contributed by atoms with Crippen LogP contribution in [0.1, 0.15) is 26.2 Å². The van der Waals surface area contributed by atoms with Crippen molar-refractivity contribution in [2.45, 2.75) is 26.2 Å². The average Bonchev–Trinajstić information content (AvgIpc) is 2.63. The van der Waals surface area contributed by atoms with E-state index in [9.17, 15) is 0 Å². The molecule has 1 heterocycles. The molecule has 0 spiro atoms. The second-order valence-electron chi connectivity index (χ2n) is 6.12. The Bertz CT molecular complexity index is 880. The third-order valence-electron chi connectivity index (χ3n) is 4.23. The number of nitrogens with zero attached hydrogens (tertiary/aromatic N) is 3. The minimum atomic E-state index is 0.485. The Kier molecular flexibility index (Phi) is 5.77. The molecule has 5 heteroatoms. The molecule has 0 fully saturated rings. The molecular weight excluding hydrogens is 353 g/mol. The highest BCUT2D eigenvalue weighted by molar-refractivity contribution is 6.43. The highest BCUT2D eigenvalue weighted by Gasteiger charge is 2.15. The molecule has 25 heavy (non-hydrogen) atoms. The number of para-hydroxylation sites is 1. The van der Waals surface area contributed by atoms with Crippen molar-refractivity contribution >= 4 is 39.9 Å². The largest absolute Gasteiger partial charge is 0.359 e. The van der Waals surface area contributed by atoms with Crippen LogP contribution in [0.4, 0.5) is 5.82 Å². The molecule has 0 unspecified atom stereocenters. The molecular formula is C20H21Cl2N3. The Hall–Kier alpha value is -1.84. The highest BCUT2D eigenvalue weighted by atomic mass is 35.5. The maximum Gasteiger partial charge on any atom is 0.163 e. The van der Waals surface area contributed by atoms with Gasteiger partial charge in [-0.2, -0.15) is 0 Å². The van der Waals surface area contributed by atoms with Gasteiger partial charge in [0.2, 0.25) is 0 Å². The van der Waals surface area contributed by atoms with Crippen molar-refractivity contribution in [1.29, 1.82) is 0 Å². The number of benzene rings is 2. The molecule has 130 valence electrons. The van der Waals surface area contributed by atoms with Crippen LogP contribution in [0.5, 0.6) is 0 Å². The minimum absolute atomic E-state index is 0.485. The maximum atomic E-state index is 6.39. The van der Waals surface area contributed by atoms with Crippen molar-refractivity contribution in [3.8, 4) is 11.4 Å². The first-order valence-electron chi connectivity index (χ1n) is 8.54. The molecule has 0 bridgehead atoms. The van der Waals surface area contributed by atoms with Crippen LogP contribution in [0.3, 0.4) is 0 Å². The quantitative estimate of drug-likeness (QED) is 0.479. The van der Waals surface area contributed by atoms with Gasteiger partial charge in [0.25, 0.3) is 0 Å². The van der Waals surface area contributed by atoms with Crippen LogP contribution in [0.25, 0.3) is 22.3 Å². The van der Waals surface area contributed by atoms with E-state index in [1.807, 2.05) is 30.3 Å². The zero-order valence-electron chi connectivity index (χ0n) is 14.5. The second kappa shape index (κ2) is 8.03. The molecule has 0 amide bonds. The van der Waals surface area contributed by atoms with Gasteiger partial charge < -0.3 is 4.90 Å². The summed E-state index contributed by atoms with van der Waals surface area (Å²) < 4.78 is 0. The van der Waals surface area contributed by atoms with E-state index in [0.29, 0.717) is 15.9 Å². The first kappa shape index (κ1) is 18.0. The molecule has 0 aliphatic carbocycles. The average molecular weight is 374 g/mol. The van der Waals surface area contributed by atoms with E-state index < -0.39 is 0 Å². The summed E-state index contributed by atoms with van der Waals surface area (Å²) in [6, 6.07) is 13.6. The summed E-state index contributed by atoms with van der Waals surface area (Å²) in [6.07, 6.45) is 3.54. The van der Waals surface area contributed by atoms with Gasteiger partial charge in [0.15, 0.2) is 5.82 Å². The van der Waals surface area contributed by atoms with Crippen molar-refractivity contribution < 1.29 is 0 Å². The van der Waals surface area contributed by atoms with Gasteiger partial charge in [-0.3, -0.25) is 0 Å². The fourth-order valence-electron chi connectivity index (χ4n) is 2.85. The topological polar surface area (TPSA) is 29.0 Å². The minimum Gasteiger partial charge on any atom is -0.359 e. The lowest BCUT2D eigenvalue weighted by atomic mass is 10.1. The van der Waals surface area contributed by atoms with Crippen molar-refractivity contribution in [2.75, 3.05) is 18.5 Å². The number of hydrogen-bond acceptors (Lipinski definition) is 3. The predicted octanol–water partition coefficient (Wildman–Crippen LogP) is 6.23. The van der Waals surface area contributed by atoms with Crippen LogP contribution in [-0.4, -0.2) is 23.6 Å². The SMILES string of the molecule is CCCCCN(C)c1nc(-c2cccc(Cl)c2Cl)nc2ccccc12. The van der Waals surface area contributed by atoms with Crippen molar-refractivity contribution in [2.24, 2.45) is 0 Å². The van der Waals surface area contributed by atoms with Gasteiger partial charge in [0, 0.05) is 24.5 Å². The van der Waals surface area contributed by atoms with E-state index in [4.69, 9.17) is 33.2 Å². The molecule has 0 aliphatic rings. The predicted molar refractivity (Wildman–Crippen MR) is 108 cm³/mol. The van der Waals surface area contributed by atoms with E-state index in [0.717, 1.165) is 35.2 Å². The van der Waals surface area contributed by atoms with E-state index in [1.54, 1.807) is 6.07 Å². The van der Waals surface area contributed by atoms with Gasteiger partial charge >= 0.3 is 0 Å². The summed E-state index contributed by atoms with van der Waals surface area (Å²) in [7, 11) is 2.08. The first-order chi connectivity index (χ1) is 12.1. The lowest BCUT2D eigenvalue weighted by molar-refractivity contribution is 0.702. The van der Waals surface area contributed by atoms with Crippen LogP contribution < -0.4 is 4.90 Å². The van der Waals surface area contributed by atoms with Crippen molar-refractivity contribution in [3.63, 3.8) is 0 Å². The summed E-state index contributed by atoms with van der Waals surface area (Å²) in [5, 5.41) is 2.04. The van der Waals surface area contributed by atoms with E-state index in [1.165, 1.54) is 12.8 Å². The van der Waals surface area contributed by atoms with Crippen LogP contribution in [0, 0.1) is 0 Å². The molecule has 3 rings (SSSR count). The fourth-order valence-corrected chi connectivity index (χ4v) is 3.24. The number of unbranched alkanes of at least 4 members (excludes halogenated alkanes) is 2. The van der Waals surface area contributed by atoms with E-state index in [2.05, 4.69) is 24.9 Å². The lowest BCUT2D eigenvalue weighted by Gasteiger charge is -2.20. The van der Waals surface area contributed by atoms with Crippen LogP contribution in [0.15, 0.2) is 42.5 Å². The van der Waals surface area contributed by atoms with Crippen LogP contribution >= 0.6 is 23.2 Å². The Balaban J connectivity index is 2.10. The van der Waals surface area contributed by atoms with Gasteiger partial charge in [-0.05, 0) is 30.7 Å². The zero-order valence-corrected chi connectivity index (χ0v) is 16.0. The summed E-state index contributed by atoms with van der Waals surface area (Å²) in [5.74, 6) is 1.52. The van der Waals surface area contributed by atoms with E-state index >= 15 is 0 Å². The Morgan fingerprint density at radius 1 is 0.960 bits per heavy atom. The summed E-state index contributed by atoms with van der Waals surface area (Å²) in [6.45, 7) is 3.16. The molecule has 3 aromatic rings. The third-order valence-corrected chi connectivity index (χ3v) is 5.05. The summed E-state index contributed by atoms with van der Waals surface area (Å²) in [4.78, 5) is 11.7. The highest BCUT2D eigenvalue weighted by Crippen LogP contribution is 2.34. The number of aromatic nitrogens is 2. The molecule has 0 saturated heterocycles. The molecule has 0 radical (unpaired) electrons. The molecule has 0 saturated carbocycles. The monoisotopic (exact) mass is 373 g/mol. The molecule has 3 nitrogen and oxygen atoms in total. The number of fused-ring (bicyclic) bond motifs is 1.